The van der Waals surface area contributed by atoms with E-state index in [1.165, 1.54) is 18.2 Å². The van der Waals surface area contributed by atoms with Crippen molar-refractivity contribution >= 4 is 15.9 Å². The molecule has 0 bridgehead atoms. The molecular weight excluding hydrogens is 323 g/mol. The van der Waals surface area contributed by atoms with Crippen LogP contribution in [0.1, 0.15) is 16.7 Å². The number of hydrogen-bond acceptors (Lipinski definition) is 3. The van der Waals surface area contributed by atoms with Crippen molar-refractivity contribution in [2.45, 2.75) is 13.2 Å². The summed E-state index contributed by atoms with van der Waals surface area (Å²) in [5.41, 5.74) is 7.41. The van der Waals surface area contributed by atoms with Gasteiger partial charge >= 0.3 is 0 Å². The van der Waals surface area contributed by atoms with E-state index in [9.17, 15) is 4.39 Å². The Labute approximate surface area is 124 Å². The first kappa shape index (κ1) is 14.5. The number of ether oxygens (including phenoxy) is 1. The molecular formula is C15H12BrFN2O. The predicted octanol–water partition coefficient (Wildman–Crippen LogP) is 3.50. The first-order chi connectivity index (χ1) is 9.63. The Balaban J connectivity index is 2.21. The zero-order valence-electron chi connectivity index (χ0n) is 10.6. The fraction of sp³-hybridized carbons (Fsp3) is 0.133. The molecule has 2 aromatic rings. The van der Waals surface area contributed by atoms with Crippen molar-refractivity contribution < 1.29 is 9.13 Å². The van der Waals surface area contributed by atoms with Gasteiger partial charge < -0.3 is 10.5 Å². The molecule has 0 aliphatic rings. The van der Waals surface area contributed by atoms with Crippen molar-refractivity contribution in [2.24, 2.45) is 5.73 Å². The number of halogens is 2. The molecule has 5 heteroatoms. The van der Waals surface area contributed by atoms with Gasteiger partial charge in [0.05, 0.1) is 11.6 Å². The zero-order valence-corrected chi connectivity index (χ0v) is 12.2. The molecule has 2 rings (SSSR count). The summed E-state index contributed by atoms with van der Waals surface area (Å²) in [5.74, 6) is 0.237. The third-order valence-electron chi connectivity index (χ3n) is 2.81. The van der Waals surface area contributed by atoms with E-state index in [1.807, 2.05) is 18.2 Å². The fourth-order valence-corrected chi connectivity index (χ4v) is 2.20. The molecule has 2 aromatic carbocycles. The molecule has 0 spiro atoms. The van der Waals surface area contributed by atoms with Crippen molar-refractivity contribution in [3.63, 3.8) is 0 Å². The summed E-state index contributed by atoms with van der Waals surface area (Å²) in [4.78, 5) is 0. The summed E-state index contributed by atoms with van der Waals surface area (Å²) in [7, 11) is 0. The standard InChI is InChI=1S/C15H12BrFN2O/c16-13-2-4-15(11(5-13)8-19)20-9-12-6-14(17)3-1-10(12)7-18/h1-6H,8-9,19H2. The van der Waals surface area contributed by atoms with Gasteiger partial charge in [0, 0.05) is 22.1 Å². The second-order valence-corrected chi connectivity index (χ2v) is 5.07. The maximum atomic E-state index is 13.2. The Morgan fingerprint density at radius 3 is 2.70 bits per heavy atom. The van der Waals surface area contributed by atoms with Crippen LogP contribution in [0, 0.1) is 17.1 Å². The molecule has 0 aliphatic heterocycles. The number of nitrogens with zero attached hydrogens (tertiary/aromatic N) is 1. The summed E-state index contributed by atoms with van der Waals surface area (Å²) in [6.07, 6.45) is 0. The van der Waals surface area contributed by atoms with Crippen LogP contribution < -0.4 is 10.5 Å². The summed E-state index contributed by atoms with van der Waals surface area (Å²) >= 11 is 3.36. The van der Waals surface area contributed by atoms with Crippen LogP contribution in [-0.4, -0.2) is 0 Å². The SMILES string of the molecule is N#Cc1ccc(F)cc1COc1ccc(Br)cc1CN. The molecule has 102 valence electrons. The van der Waals surface area contributed by atoms with Crippen LogP contribution in [0.4, 0.5) is 4.39 Å². The highest BCUT2D eigenvalue weighted by atomic mass is 79.9. The van der Waals surface area contributed by atoms with Gasteiger partial charge in [-0.25, -0.2) is 4.39 Å². The number of nitriles is 1. The summed E-state index contributed by atoms with van der Waals surface area (Å²) in [6, 6.07) is 11.5. The Morgan fingerprint density at radius 2 is 2.00 bits per heavy atom. The highest BCUT2D eigenvalue weighted by Crippen LogP contribution is 2.24. The average Bonchev–Trinajstić information content (AvgIpc) is 2.46. The Bertz CT molecular complexity index is 667. The monoisotopic (exact) mass is 334 g/mol. The van der Waals surface area contributed by atoms with Crippen molar-refractivity contribution in [2.75, 3.05) is 0 Å². The lowest BCUT2D eigenvalue weighted by Crippen LogP contribution is -2.04. The van der Waals surface area contributed by atoms with E-state index in [-0.39, 0.29) is 6.61 Å². The van der Waals surface area contributed by atoms with Crippen LogP contribution in [0.5, 0.6) is 5.75 Å². The summed E-state index contributed by atoms with van der Waals surface area (Å²) < 4.78 is 19.8. The Kier molecular flexibility index (Phi) is 4.72. The van der Waals surface area contributed by atoms with Crippen LogP contribution in [0.3, 0.4) is 0 Å². The third-order valence-corrected chi connectivity index (χ3v) is 3.31. The van der Waals surface area contributed by atoms with Crippen molar-refractivity contribution in [3.05, 3.63) is 63.4 Å². The molecule has 0 radical (unpaired) electrons. The van der Waals surface area contributed by atoms with Crippen LogP contribution in [0.15, 0.2) is 40.9 Å². The number of nitrogens with two attached hydrogens (primary N) is 1. The summed E-state index contributed by atoms with van der Waals surface area (Å²) in [5, 5.41) is 8.99. The highest BCUT2D eigenvalue weighted by Gasteiger charge is 2.07. The van der Waals surface area contributed by atoms with E-state index in [4.69, 9.17) is 15.7 Å². The maximum Gasteiger partial charge on any atom is 0.124 e. The number of hydrogen-bond donors (Lipinski definition) is 1. The topological polar surface area (TPSA) is 59.0 Å². The molecule has 0 atom stereocenters. The van der Waals surface area contributed by atoms with Crippen LogP contribution in [0.25, 0.3) is 0 Å². The first-order valence-electron chi connectivity index (χ1n) is 5.94. The van der Waals surface area contributed by atoms with Gasteiger partial charge in [0.1, 0.15) is 18.2 Å². The lowest BCUT2D eigenvalue weighted by atomic mass is 10.1. The highest BCUT2D eigenvalue weighted by molar-refractivity contribution is 9.10. The molecule has 0 aliphatic carbocycles. The van der Waals surface area contributed by atoms with Gasteiger partial charge in [-0.05, 0) is 36.4 Å². The zero-order chi connectivity index (χ0) is 14.5. The molecule has 0 saturated carbocycles. The smallest absolute Gasteiger partial charge is 0.124 e. The average molecular weight is 335 g/mol. The molecule has 0 amide bonds. The van der Waals surface area contributed by atoms with Crippen LogP contribution >= 0.6 is 15.9 Å². The van der Waals surface area contributed by atoms with Crippen molar-refractivity contribution in [3.8, 4) is 11.8 Å². The summed E-state index contributed by atoms with van der Waals surface area (Å²) in [6.45, 7) is 0.457. The second kappa shape index (κ2) is 6.51. The van der Waals surface area contributed by atoms with Gasteiger partial charge in [0.2, 0.25) is 0 Å². The number of benzene rings is 2. The molecule has 0 heterocycles. The molecule has 0 saturated heterocycles. The molecule has 0 unspecified atom stereocenters. The molecule has 0 aromatic heterocycles. The van der Waals surface area contributed by atoms with Gasteiger partial charge in [-0.15, -0.1) is 0 Å². The minimum atomic E-state index is -0.391. The third kappa shape index (κ3) is 3.35. The Morgan fingerprint density at radius 1 is 1.20 bits per heavy atom. The normalized spacial score (nSPS) is 10.1. The van der Waals surface area contributed by atoms with E-state index in [1.54, 1.807) is 6.07 Å². The van der Waals surface area contributed by atoms with Crippen LogP contribution in [0.2, 0.25) is 0 Å². The van der Waals surface area contributed by atoms with Gasteiger partial charge in [0.25, 0.3) is 0 Å². The van der Waals surface area contributed by atoms with Gasteiger partial charge in [-0.1, -0.05) is 15.9 Å². The van der Waals surface area contributed by atoms with Crippen LogP contribution in [-0.2, 0) is 13.2 Å². The van der Waals surface area contributed by atoms with E-state index in [2.05, 4.69) is 15.9 Å². The van der Waals surface area contributed by atoms with Crippen molar-refractivity contribution in [1.29, 1.82) is 5.26 Å². The van der Waals surface area contributed by atoms with E-state index < -0.39 is 5.82 Å². The quantitative estimate of drug-likeness (QED) is 0.930. The minimum Gasteiger partial charge on any atom is -0.489 e. The lowest BCUT2D eigenvalue weighted by molar-refractivity contribution is 0.302. The fourth-order valence-electron chi connectivity index (χ4n) is 1.79. The lowest BCUT2D eigenvalue weighted by Gasteiger charge is -2.11. The van der Waals surface area contributed by atoms with Gasteiger partial charge in [-0.2, -0.15) is 5.26 Å². The van der Waals surface area contributed by atoms with Gasteiger partial charge in [0.15, 0.2) is 0 Å². The minimum absolute atomic E-state index is 0.120. The predicted molar refractivity (Wildman–Crippen MR) is 77.5 cm³/mol. The molecule has 2 N–H and O–H groups in total. The van der Waals surface area contributed by atoms with Gasteiger partial charge in [-0.3, -0.25) is 0 Å². The van der Waals surface area contributed by atoms with Crippen molar-refractivity contribution in [1.82, 2.24) is 0 Å². The molecule has 0 fully saturated rings. The second-order valence-electron chi connectivity index (χ2n) is 4.16. The first-order valence-corrected chi connectivity index (χ1v) is 6.73. The maximum absolute atomic E-state index is 13.2. The van der Waals surface area contributed by atoms with E-state index >= 15 is 0 Å². The Hall–Kier alpha value is -1.90. The number of rotatable bonds is 4. The molecule has 3 nitrogen and oxygen atoms in total. The molecule has 20 heavy (non-hydrogen) atoms. The van der Waals surface area contributed by atoms with E-state index in [0.29, 0.717) is 23.4 Å². The largest absolute Gasteiger partial charge is 0.489 e. The van der Waals surface area contributed by atoms with E-state index in [0.717, 1.165) is 10.0 Å².